The van der Waals surface area contributed by atoms with Gasteiger partial charge in [-0.25, -0.2) is 5.48 Å². The standard InChI is InChI=1S/C10H19NO3/c1-10(2,13-3)9(12)11-14-8-6-4-5-7-8/h8H,4-7H2,1-3H3,(H,11,12). The molecule has 4 heteroatoms. The molecule has 0 spiro atoms. The van der Waals surface area contributed by atoms with E-state index in [9.17, 15) is 4.79 Å². The number of carbonyl (C=O) groups is 1. The zero-order chi connectivity index (χ0) is 10.6. The summed E-state index contributed by atoms with van der Waals surface area (Å²) >= 11 is 0. The summed E-state index contributed by atoms with van der Waals surface area (Å²) in [5.74, 6) is -0.230. The average Bonchev–Trinajstić information content (AvgIpc) is 2.66. The number of hydroxylamine groups is 1. The highest BCUT2D eigenvalue weighted by Gasteiger charge is 2.28. The molecule has 82 valence electrons. The maximum absolute atomic E-state index is 11.5. The Morgan fingerprint density at radius 3 is 2.43 bits per heavy atom. The summed E-state index contributed by atoms with van der Waals surface area (Å²) in [6.45, 7) is 3.42. The van der Waals surface area contributed by atoms with E-state index in [1.54, 1.807) is 13.8 Å². The largest absolute Gasteiger partial charge is 0.369 e. The van der Waals surface area contributed by atoms with Crippen molar-refractivity contribution in [2.45, 2.75) is 51.2 Å². The molecule has 0 aliphatic heterocycles. The van der Waals surface area contributed by atoms with Gasteiger partial charge in [0.1, 0.15) is 5.60 Å². The van der Waals surface area contributed by atoms with Gasteiger partial charge in [0.05, 0.1) is 6.10 Å². The lowest BCUT2D eigenvalue weighted by Gasteiger charge is -2.22. The van der Waals surface area contributed by atoms with Gasteiger partial charge in [-0.2, -0.15) is 0 Å². The van der Waals surface area contributed by atoms with Crippen LogP contribution in [0.2, 0.25) is 0 Å². The normalized spacial score (nSPS) is 18.5. The molecule has 1 aliphatic carbocycles. The number of methoxy groups -OCH3 is 1. The predicted molar refractivity (Wildman–Crippen MR) is 52.6 cm³/mol. The second-order valence-electron chi connectivity index (χ2n) is 4.17. The number of ether oxygens (including phenoxy) is 1. The van der Waals surface area contributed by atoms with Crippen LogP contribution >= 0.6 is 0 Å². The maximum atomic E-state index is 11.5. The summed E-state index contributed by atoms with van der Waals surface area (Å²) in [6, 6.07) is 0. The number of carbonyl (C=O) groups excluding carboxylic acids is 1. The molecule has 0 aromatic carbocycles. The van der Waals surface area contributed by atoms with Crippen LogP contribution in [0.3, 0.4) is 0 Å². The molecule has 4 nitrogen and oxygen atoms in total. The van der Waals surface area contributed by atoms with Gasteiger partial charge in [-0.3, -0.25) is 9.63 Å². The van der Waals surface area contributed by atoms with E-state index < -0.39 is 5.60 Å². The topological polar surface area (TPSA) is 47.6 Å². The van der Waals surface area contributed by atoms with Crippen molar-refractivity contribution in [3.63, 3.8) is 0 Å². The Balaban J connectivity index is 2.26. The van der Waals surface area contributed by atoms with Crippen LogP contribution in [0.5, 0.6) is 0 Å². The smallest absolute Gasteiger partial charge is 0.275 e. The molecule has 0 radical (unpaired) electrons. The fourth-order valence-corrected chi connectivity index (χ4v) is 1.36. The molecule has 14 heavy (non-hydrogen) atoms. The van der Waals surface area contributed by atoms with Gasteiger partial charge in [-0.15, -0.1) is 0 Å². The molecule has 1 N–H and O–H groups in total. The zero-order valence-electron chi connectivity index (χ0n) is 9.13. The van der Waals surface area contributed by atoms with Crippen molar-refractivity contribution in [2.75, 3.05) is 7.11 Å². The summed E-state index contributed by atoms with van der Waals surface area (Å²) in [6.07, 6.45) is 4.63. The maximum Gasteiger partial charge on any atom is 0.275 e. The van der Waals surface area contributed by atoms with Crippen molar-refractivity contribution < 1.29 is 14.4 Å². The first-order valence-corrected chi connectivity index (χ1v) is 5.07. The fourth-order valence-electron chi connectivity index (χ4n) is 1.36. The Morgan fingerprint density at radius 1 is 1.36 bits per heavy atom. The number of amides is 1. The second-order valence-corrected chi connectivity index (χ2v) is 4.17. The average molecular weight is 201 g/mol. The minimum absolute atomic E-state index is 0.187. The Kier molecular flexibility index (Phi) is 3.89. The van der Waals surface area contributed by atoms with Crippen molar-refractivity contribution in [1.29, 1.82) is 0 Å². The van der Waals surface area contributed by atoms with Crippen LogP contribution in [0.4, 0.5) is 0 Å². The van der Waals surface area contributed by atoms with E-state index in [4.69, 9.17) is 9.57 Å². The Bertz CT molecular complexity index is 198. The van der Waals surface area contributed by atoms with Crippen LogP contribution in [0.1, 0.15) is 39.5 Å². The number of hydrogen-bond donors (Lipinski definition) is 1. The van der Waals surface area contributed by atoms with Gasteiger partial charge in [0.2, 0.25) is 0 Å². The molecule has 0 heterocycles. The van der Waals surface area contributed by atoms with Gasteiger partial charge in [0, 0.05) is 7.11 Å². The summed E-state index contributed by atoms with van der Waals surface area (Å²) in [5.41, 5.74) is 1.63. The van der Waals surface area contributed by atoms with Crippen molar-refractivity contribution in [3.05, 3.63) is 0 Å². The van der Waals surface area contributed by atoms with E-state index in [0.717, 1.165) is 12.8 Å². The van der Waals surface area contributed by atoms with Gasteiger partial charge < -0.3 is 4.74 Å². The molecule has 0 unspecified atom stereocenters. The lowest BCUT2D eigenvalue weighted by atomic mass is 10.1. The quantitative estimate of drug-likeness (QED) is 0.699. The third-order valence-corrected chi connectivity index (χ3v) is 2.68. The summed E-state index contributed by atoms with van der Waals surface area (Å²) in [5, 5.41) is 0. The molecular weight excluding hydrogens is 182 g/mol. The van der Waals surface area contributed by atoms with E-state index in [-0.39, 0.29) is 12.0 Å². The Hall–Kier alpha value is -0.610. The number of hydrogen-bond acceptors (Lipinski definition) is 3. The van der Waals surface area contributed by atoms with E-state index in [0.29, 0.717) is 0 Å². The number of rotatable bonds is 4. The zero-order valence-corrected chi connectivity index (χ0v) is 9.13. The van der Waals surface area contributed by atoms with Gasteiger partial charge in [0.15, 0.2) is 0 Å². The predicted octanol–water partition coefficient (Wildman–Crippen LogP) is 1.40. The fraction of sp³-hybridized carbons (Fsp3) is 0.900. The third kappa shape index (κ3) is 2.96. The van der Waals surface area contributed by atoms with Crippen LogP contribution in [-0.2, 0) is 14.4 Å². The van der Waals surface area contributed by atoms with Crippen LogP contribution in [0.25, 0.3) is 0 Å². The minimum atomic E-state index is -0.821. The molecule has 0 bridgehead atoms. The molecule has 1 saturated carbocycles. The van der Waals surface area contributed by atoms with Gasteiger partial charge >= 0.3 is 0 Å². The Morgan fingerprint density at radius 2 is 1.93 bits per heavy atom. The van der Waals surface area contributed by atoms with Gasteiger partial charge in [-0.1, -0.05) is 12.8 Å². The number of nitrogens with one attached hydrogen (secondary N) is 1. The van der Waals surface area contributed by atoms with Crippen LogP contribution < -0.4 is 5.48 Å². The summed E-state index contributed by atoms with van der Waals surface area (Å²) in [4.78, 5) is 16.8. The molecule has 1 rings (SSSR count). The van der Waals surface area contributed by atoms with E-state index in [1.165, 1.54) is 20.0 Å². The monoisotopic (exact) mass is 201 g/mol. The molecular formula is C10H19NO3. The van der Waals surface area contributed by atoms with Gasteiger partial charge in [-0.05, 0) is 26.7 Å². The SMILES string of the molecule is COC(C)(C)C(=O)NOC1CCCC1. The molecule has 1 amide bonds. The Labute approximate surface area is 84.9 Å². The van der Waals surface area contributed by atoms with Crippen LogP contribution in [0, 0.1) is 0 Å². The van der Waals surface area contributed by atoms with Crippen molar-refractivity contribution >= 4 is 5.91 Å². The van der Waals surface area contributed by atoms with Crippen molar-refractivity contribution in [2.24, 2.45) is 0 Å². The second kappa shape index (κ2) is 4.75. The first-order valence-electron chi connectivity index (χ1n) is 5.07. The van der Waals surface area contributed by atoms with Crippen LogP contribution in [0.15, 0.2) is 0 Å². The summed E-state index contributed by atoms with van der Waals surface area (Å²) in [7, 11) is 1.51. The van der Waals surface area contributed by atoms with E-state index in [2.05, 4.69) is 5.48 Å². The van der Waals surface area contributed by atoms with E-state index in [1.807, 2.05) is 0 Å². The van der Waals surface area contributed by atoms with Crippen molar-refractivity contribution in [1.82, 2.24) is 5.48 Å². The van der Waals surface area contributed by atoms with Gasteiger partial charge in [0.25, 0.3) is 5.91 Å². The highest BCUT2D eigenvalue weighted by Crippen LogP contribution is 2.20. The molecule has 0 aromatic heterocycles. The molecule has 0 aromatic rings. The van der Waals surface area contributed by atoms with E-state index >= 15 is 0 Å². The summed E-state index contributed by atoms with van der Waals surface area (Å²) < 4.78 is 5.02. The molecule has 0 atom stereocenters. The highest BCUT2D eigenvalue weighted by molar-refractivity contribution is 5.83. The third-order valence-electron chi connectivity index (χ3n) is 2.68. The minimum Gasteiger partial charge on any atom is -0.369 e. The van der Waals surface area contributed by atoms with Crippen LogP contribution in [-0.4, -0.2) is 24.7 Å². The molecule has 1 fully saturated rings. The van der Waals surface area contributed by atoms with Crippen molar-refractivity contribution in [3.8, 4) is 0 Å². The highest BCUT2D eigenvalue weighted by atomic mass is 16.7. The molecule has 0 saturated heterocycles. The molecule has 1 aliphatic rings. The first-order chi connectivity index (χ1) is 6.56. The first kappa shape index (κ1) is 11.5. The lowest BCUT2D eigenvalue weighted by Crippen LogP contribution is -2.44. The lowest BCUT2D eigenvalue weighted by molar-refractivity contribution is -0.157.